The van der Waals surface area contributed by atoms with E-state index in [1.54, 1.807) is 6.07 Å². The Labute approximate surface area is 92.3 Å². The van der Waals surface area contributed by atoms with E-state index in [4.69, 9.17) is 4.74 Å². The fourth-order valence-corrected chi connectivity index (χ4v) is 2.35. The molecule has 2 rings (SSSR count). The predicted octanol–water partition coefficient (Wildman–Crippen LogP) is 1.60. The number of benzene rings is 1. The van der Waals surface area contributed by atoms with Crippen LogP contribution in [0.1, 0.15) is 0 Å². The average Bonchev–Trinajstić information content (AvgIpc) is 2.58. The lowest BCUT2D eigenvalue weighted by atomic mass is 10.2. The summed E-state index contributed by atoms with van der Waals surface area (Å²) in [5, 5.41) is 0.517. The molecule has 0 saturated heterocycles. The third-order valence-corrected chi connectivity index (χ3v) is 3.32. The first-order valence-corrected chi connectivity index (χ1v) is 6.33. The van der Waals surface area contributed by atoms with Crippen LogP contribution in [0.15, 0.2) is 24.4 Å². The highest BCUT2D eigenvalue weighted by Crippen LogP contribution is 2.26. The van der Waals surface area contributed by atoms with Crippen molar-refractivity contribution in [3.63, 3.8) is 0 Å². The van der Waals surface area contributed by atoms with Gasteiger partial charge >= 0.3 is 0 Å². The molecule has 86 valence electrons. The second-order valence-corrected chi connectivity index (χ2v) is 5.28. The van der Waals surface area contributed by atoms with Crippen LogP contribution in [-0.4, -0.2) is 25.8 Å². The SMILES string of the molecule is COc1cc2c(ccn2S(C)(=O)=O)cc1F. The maximum atomic E-state index is 13.3. The summed E-state index contributed by atoms with van der Waals surface area (Å²) in [7, 11) is -2.05. The number of fused-ring (bicyclic) bond motifs is 1. The summed E-state index contributed by atoms with van der Waals surface area (Å²) in [4.78, 5) is 0. The van der Waals surface area contributed by atoms with E-state index in [0.29, 0.717) is 10.9 Å². The van der Waals surface area contributed by atoms with Crippen LogP contribution in [-0.2, 0) is 10.0 Å². The quantitative estimate of drug-likeness (QED) is 0.804. The second kappa shape index (κ2) is 3.48. The molecule has 0 aliphatic heterocycles. The van der Waals surface area contributed by atoms with Crippen molar-refractivity contribution < 1.29 is 17.5 Å². The highest BCUT2D eigenvalue weighted by molar-refractivity contribution is 7.89. The summed E-state index contributed by atoms with van der Waals surface area (Å²) in [6, 6.07) is 4.15. The number of methoxy groups -OCH3 is 1. The normalized spacial score (nSPS) is 11.9. The number of hydrogen-bond donors (Lipinski definition) is 0. The van der Waals surface area contributed by atoms with E-state index in [2.05, 4.69) is 0 Å². The topological polar surface area (TPSA) is 48.3 Å². The first-order valence-electron chi connectivity index (χ1n) is 4.48. The molecule has 0 radical (unpaired) electrons. The van der Waals surface area contributed by atoms with Gasteiger partial charge in [0, 0.05) is 17.6 Å². The number of hydrogen-bond acceptors (Lipinski definition) is 3. The maximum absolute atomic E-state index is 13.3. The van der Waals surface area contributed by atoms with E-state index in [0.717, 1.165) is 10.2 Å². The van der Waals surface area contributed by atoms with Crippen molar-refractivity contribution in [2.24, 2.45) is 0 Å². The van der Waals surface area contributed by atoms with Crippen molar-refractivity contribution >= 4 is 20.9 Å². The molecule has 1 aromatic carbocycles. The fraction of sp³-hybridized carbons (Fsp3) is 0.200. The summed E-state index contributed by atoms with van der Waals surface area (Å²) in [5.41, 5.74) is 0.403. The number of aromatic nitrogens is 1. The van der Waals surface area contributed by atoms with Gasteiger partial charge < -0.3 is 4.74 Å². The first kappa shape index (κ1) is 10.9. The van der Waals surface area contributed by atoms with Crippen molar-refractivity contribution in [3.05, 3.63) is 30.2 Å². The van der Waals surface area contributed by atoms with Gasteiger partial charge in [0.25, 0.3) is 0 Å². The van der Waals surface area contributed by atoms with Crippen molar-refractivity contribution in [1.29, 1.82) is 0 Å². The van der Waals surface area contributed by atoms with Crippen LogP contribution in [0.3, 0.4) is 0 Å². The van der Waals surface area contributed by atoms with E-state index in [-0.39, 0.29) is 5.75 Å². The molecule has 2 aromatic rings. The van der Waals surface area contributed by atoms with Gasteiger partial charge in [-0.2, -0.15) is 0 Å². The minimum atomic E-state index is -3.39. The molecule has 0 fully saturated rings. The van der Waals surface area contributed by atoms with Gasteiger partial charge in [0.2, 0.25) is 10.0 Å². The van der Waals surface area contributed by atoms with Gasteiger partial charge in [0.05, 0.1) is 18.9 Å². The molecule has 0 bridgehead atoms. The Bertz CT molecular complexity index is 645. The first-order chi connectivity index (χ1) is 7.43. The van der Waals surface area contributed by atoms with Gasteiger partial charge in [-0.25, -0.2) is 16.8 Å². The Morgan fingerprint density at radius 2 is 2.06 bits per heavy atom. The molecule has 0 amide bonds. The number of halogens is 1. The van der Waals surface area contributed by atoms with Crippen molar-refractivity contribution in [3.8, 4) is 5.75 Å². The Balaban J connectivity index is 2.82. The van der Waals surface area contributed by atoms with E-state index in [1.807, 2.05) is 0 Å². The highest BCUT2D eigenvalue weighted by Gasteiger charge is 2.13. The fourth-order valence-electron chi connectivity index (χ4n) is 1.56. The lowest BCUT2D eigenvalue weighted by Gasteiger charge is -2.05. The molecule has 1 heterocycles. The summed E-state index contributed by atoms with van der Waals surface area (Å²) in [6.45, 7) is 0. The van der Waals surface area contributed by atoms with Crippen LogP contribution in [0.5, 0.6) is 5.75 Å². The zero-order valence-electron chi connectivity index (χ0n) is 8.77. The van der Waals surface area contributed by atoms with Crippen LogP contribution in [0.2, 0.25) is 0 Å². The Morgan fingerprint density at radius 1 is 1.38 bits per heavy atom. The maximum Gasteiger partial charge on any atom is 0.236 e. The Kier molecular flexibility index (Phi) is 2.38. The van der Waals surface area contributed by atoms with E-state index in [9.17, 15) is 12.8 Å². The molecule has 0 N–H and O–H groups in total. The Morgan fingerprint density at radius 3 is 2.62 bits per heavy atom. The van der Waals surface area contributed by atoms with Gasteiger partial charge in [-0.05, 0) is 12.1 Å². The molecule has 0 saturated carbocycles. The summed E-state index contributed by atoms with van der Waals surface area (Å²) in [6.07, 6.45) is 2.47. The monoisotopic (exact) mass is 243 g/mol. The number of ether oxygens (including phenoxy) is 1. The second-order valence-electron chi connectivity index (χ2n) is 3.42. The van der Waals surface area contributed by atoms with E-state index in [1.165, 1.54) is 25.4 Å². The van der Waals surface area contributed by atoms with Crippen LogP contribution in [0.25, 0.3) is 10.9 Å². The minimum Gasteiger partial charge on any atom is -0.494 e. The van der Waals surface area contributed by atoms with Crippen molar-refractivity contribution in [2.75, 3.05) is 13.4 Å². The molecule has 0 unspecified atom stereocenters. The van der Waals surface area contributed by atoms with E-state index < -0.39 is 15.8 Å². The summed E-state index contributed by atoms with van der Waals surface area (Å²) >= 11 is 0. The number of nitrogens with zero attached hydrogens (tertiary/aromatic N) is 1. The highest BCUT2D eigenvalue weighted by atomic mass is 32.2. The average molecular weight is 243 g/mol. The standard InChI is InChI=1S/C10H10FNO3S/c1-15-10-6-9-7(5-8(10)11)3-4-12(9)16(2,13)14/h3-6H,1-2H3. The smallest absolute Gasteiger partial charge is 0.236 e. The molecule has 16 heavy (non-hydrogen) atoms. The minimum absolute atomic E-state index is 0.0242. The predicted molar refractivity (Wildman–Crippen MR) is 58.7 cm³/mol. The molecule has 6 heteroatoms. The van der Waals surface area contributed by atoms with Crippen LogP contribution in [0.4, 0.5) is 4.39 Å². The lowest BCUT2D eigenvalue weighted by molar-refractivity contribution is 0.387. The summed E-state index contributed by atoms with van der Waals surface area (Å²) in [5.74, 6) is -0.489. The molecule has 0 aliphatic rings. The van der Waals surface area contributed by atoms with Crippen LogP contribution >= 0.6 is 0 Å². The molecule has 0 atom stereocenters. The lowest BCUT2D eigenvalue weighted by Crippen LogP contribution is -2.08. The van der Waals surface area contributed by atoms with Gasteiger partial charge in [-0.1, -0.05) is 0 Å². The Hall–Kier alpha value is -1.56. The van der Waals surface area contributed by atoms with Crippen molar-refractivity contribution in [2.45, 2.75) is 0 Å². The number of rotatable bonds is 2. The third kappa shape index (κ3) is 1.65. The molecule has 0 spiro atoms. The third-order valence-electron chi connectivity index (χ3n) is 2.29. The van der Waals surface area contributed by atoms with Gasteiger partial charge in [0.15, 0.2) is 11.6 Å². The van der Waals surface area contributed by atoms with Gasteiger partial charge in [-0.15, -0.1) is 0 Å². The van der Waals surface area contributed by atoms with Gasteiger partial charge in [-0.3, -0.25) is 0 Å². The molecule has 0 aliphatic carbocycles. The molecular weight excluding hydrogens is 233 g/mol. The molecular formula is C10H10FNO3S. The zero-order valence-corrected chi connectivity index (χ0v) is 9.58. The summed E-state index contributed by atoms with van der Waals surface area (Å²) < 4.78 is 42.1. The largest absolute Gasteiger partial charge is 0.494 e. The van der Waals surface area contributed by atoms with Crippen LogP contribution in [0, 0.1) is 5.82 Å². The van der Waals surface area contributed by atoms with Crippen molar-refractivity contribution in [1.82, 2.24) is 3.97 Å². The zero-order chi connectivity index (χ0) is 11.9. The molecule has 4 nitrogen and oxygen atoms in total. The van der Waals surface area contributed by atoms with Gasteiger partial charge in [0.1, 0.15) is 0 Å². The van der Waals surface area contributed by atoms with Crippen LogP contribution < -0.4 is 4.74 Å². The van der Waals surface area contributed by atoms with E-state index >= 15 is 0 Å². The molecule has 1 aromatic heterocycles.